The first-order chi connectivity index (χ1) is 7.62. The van der Waals surface area contributed by atoms with Crippen LogP contribution in [0.5, 0.6) is 0 Å². The third-order valence-electron chi connectivity index (χ3n) is 4.11. The molecular weight excluding hydrogens is 206 g/mol. The van der Waals surface area contributed by atoms with Gasteiger partial charge in [-0.25, -0.2) is 0 Å². The van der Waals surface area contributed by atoms with Crippen LogP contribution in [-0.2, 0) is 9.53 Å². The van der Waals surface area contributed by atoms with E-state index in [0.717, 1.165) is 45.4 Å². The number of nitrogens with one attached hydrogen (secondary N) is 1. The summed E-state index contributed by atoms with van der Waals surface area (Å²) in [7, 11) is 0. The van der Waals surface area contributed by atoms with Crippen LogP contribution >= 0.6 is 0 Å². The van der Waals surface area contributed by atoms with Crippen molar-refractivity contribution < 1.29 is 14.6 Å². The van der Waals surface area contributed by atoms with Gasteiger partial charge in [0, 0.05) is 13.2 Å². The van der Waals surface area contributed by atoms with Crippen LogP contribution in [0.3, 0.4) is 0 Å². The number of hydrogen-bond acceptors (Lipinski definition) is 3. The SMILES string of the molecule is CC1(C(=O)O)CC(C2CCOCC2)CCN1. The molecule has 0 aromatic rings. The molecule has 2 fully saturated rings. The van der Waals surface area contributed by atoms with Crippen molar-refractivity contribution in [2.24, 2.45) is 11.8 Å². The third kappa shape index (κ3) is 2.38. The molecule has 0 aromatic heterocycles. The maximum Gasteiger partial charge on any atom is 0.323 e. The van der Waals surface area contributed by atoms with Crippen LogP contribution in [0.15, 0.2) is 0 Å². The van der Waals surface area contributed by atoms with Crippen molar-refractivity contribution in [1.29, 1.82) is 0 Å². The lowest BCUT2D eigenvalue weighted by Gasteiger charge is -2.40. The average molecular weight is 227 g/mol. The molecule has 2 unspecified atom stereocenters. The number of aliphatic carboxylic acids is 1. The Morgan fingerprint density at radius 2 is 2.00 bits per heavy atom. The molecular formula is C12H21NO3. The number of piperidine rings is 1. The minimum Gasteiger partial charge on any atom is -0.480 e. The third-order valence-corrected chi connectivity index (χ3v) is 4.11. The number of carboxylic acid groups (broad SMARTS) is 1. The molecule has 4 heteroatoms. The summed E-state index contributed by atoms with van der Waals surface area (Å²) in [5.41, 5.74) is -0.721. The number of carboxylic acids is 1. The average Bonchev–Trinajstić information content (AvgIpc) is 2.30. The van der Waals surface area contributed by atoms with Crippen LogP contribution in [-0.4, -0.2) is 36.4 Å². The van der Waals surface area contributed by atoms with Crippen molar-refractivity contribution in [2.75, 3.05) is 19.8 Å². The van der Waals surface area contributed by atoms with Crippen LogP contribution in [0.25, 0.3) is 0 Å². The molecule has 2 aliphatic rings. The van der Waals surface area contributed by atoms with E-state index in [1.54, 1.807) is 6.92 Å². The van der Waals surface area contributed by atoms with Crippen LogP contribution < -0.4 is 5.32 Å². The zero-order valence-electron chi connectivity index (χ0n) is 9.87. The highest BCUT2D eigenvalue weighted by atomic mass is 16.5. The Hall–Kier alpha value is -0.610. The lowest BCUT2D eigenvalue weighted by molar-refractivity contribution is -0.146. The van der Waals surface area contributed by atoms with Gasteiger partial charge in [0.05, 0.1) is 0 Å². The van der Waals surface area contributed by atoms with Crippen molar-refractivity contribution in [3.63, 3.8) is 0 Å². The van der Waals surface area contributed by atoms with E-state index >= 15 is 0 Å². The Morgan fingerprint density at radius 3 is 2.62 bits per heavy atom. The number of hydrogen-bond donors (Lipinski definition) is 2. The Bertz CT molecular complexity index is 263. The van der Waals surface area contributed by atoms with E-state index in [9.17, 15) is 9.90 Å². The van der Waals surface area contributed by atoms with Gasteiger partial charge < -0.3 is 15.2 Å². The normalized spacial score (nSPS) is 37.2. The first-order valence-electron chi connectivity index (χ1n) is 6.18. The van der Waals surface area contributed by atoms with E-state index < -0.39 is 11.5 Å². The molecule has 2 saturated heterocycles. The van der Waals surface area contributed by atoms with Gasteiger partial charge in [0.25, 0.3) is 0 Å². The fourth-order valence-corrected chi connectivity index (χ4v) is 2.98. The quantitative estimate of drug-likeness (QED) is 0.745. The first kappa shape index (κ1) is 11.9. The maximum absolute atomic E-state index is 11.2. The molecule has 2 N–H and O–H groups in total. The molecule has 0 saturated carbocycles. The van der Waals surface area contributed by atoms with Crippen LogP contribution in [0.2, 0.25) is 0 Å². The fourth-order valence-electron chi connectivity index (χ4n) is 2.98. The molecule has 0 aliphatic carbocycles. The Labute approximate surface area is 96.4 Å². The standard InChI is InChI=1S/C12H21NO3/c1-12(11(14)15)8-10(2-5-13-12)9-3-6-16-7-4-9/h9-10,13H,2-8H2,1H3,(H,14,15). The Balaban J connectivity index is 1.98. The van der Waals surface area contributed by atoms with Crippen molar-refractivity contribution in [3.8, 4) is 0 Å². The number of carbonyl (C=O) groups is 1. The van der Waals surface area contributed by atoms with Crippen molar-refractivity contribution in [3.05, 3.63) is 0 Å². The fraction of sp³-hybridized carbons (Fsp3) is 0.917. The molecule has 0 spiro atoms. The predicted octanol–water partition coefficient (Wildman–Crippen LogP) is 1.26. The van der Waals surface area contributed by atoms with E-state index in [0.29, 0.717) is 11.8 Å². The molecule has 0 bridgehead atoms. The van der Waals surface area contributed by atoms with E-state index in [4.69, 9.17) is 4.74 Å². The molecule has 0 aromatic carbocycles. The minimum absolute atomic E-state index is 0.547. The maximum atomic E-state index is 11.2. The van der Waals surface area contributed by atoms with E-state index in [1.807, 2.05) is 0 Å². The van der Waals surface area contributed by atoms with Crippen LogP contribution in [0.1, 0.15) is 32.6 Å². The summed E-state index contributed by atoms with van der Waals surface area (Å²) >= 11 is 0. The monoisotopic (exact) mass is 227 g/mol. The lowest BCUT2D eigenvalue weighted by Crippen LogP contribution is -2.55. The number of ether oxygens (including phenoxy) is 1. The molecule has 92 valence electrons. The smallest absolute Gasteiger partial charge is 0.323 e. The second-order valence-corrected chi connectivity index (χ2v) is 5.27. The second-order valence-electron chi connectivity index (χ2n) is 5.27. The topological polar surface area (TPSA) is 58.6 Å². The molecule has 2 heterocycles. The van der Waals surface area contributed by atoms with E-state index in [-0.39, 0.29) is 0 Å². The Morgan fingerprint density at radius 1 is 1.31 bits per heavy atom. The van der Waals surface area contributed by atoms with Gasteiger partial charge in [0.15, 0.2) is 0 Å². The van der Waals surface area contributed by atoms with Gasteiger partial charge in [-0.2, -0.15) is 0 Å². The van der Waals surface area contributed by atoms with Gasteiger partial charge in [0.1, 0.15) is 5.54 Å². The highest BCUT2D eigenvalue weighted by Gasteiger charge is 2.40. The molecule has 0 radical (unpaired) electrons. The highest BCUT2D eigenvalue weighted by Crippen LogP contribution is 2.35. The Kier molecular flexibility index (Phi) is 3.50. The summed E-state index contributed by atoms with van der Waals surface area (Å²) in [6, 6.07) is 0. The van der Waals surface area contributed by atoms with Crippen molar-refractivity contribution in [2.45, 2.75) is 38.1 Å². The summed E-state index contributed by atoms with van der Waals surface area (Å²) in [5, 5.41) is 12.4. The second kappa shape index (κ2) is 4.72. The van der Waals surface area contributed by atoms with Crippen LogP contribution in [0, 0.1) is 11.8 Å². The van der Waals surface area contributed by atoms with Gasteiger partial charge in [0.2, 0.25) is 0 Å². The van der Waals surface area contributed by atoms with Gasteiger partial charge in [-0.3, -0.25) is 4.79 Å². The van der Waals surface area contributed by atoms with Crippen molar-refractivity contribution in [1.82, 2.24) is 5.32 Å². The molecule has 2 rings (SSSR count). The predicted molar refractivity (Wildman–Crippen MR) is 60.3 cm³/mol. The first-order valence-corrected chi connectivity index (χ1v) is 6.18. The summed E-state index contributed by atoms with van der Waals surface area (Å²) in [5.74, 6) is 0.491. The van der Waals surface area contributed by atoms with Gasteiger partial charge in [-0.1, -0.05) is 0 Å². The van der Waals surface area contributed by atoms with Gasteiger partial charge in [-0.15, -0.1) is 0 Å². The van der Waals surface area contributed by atoms with Crippen molar-refractivity contribution >= 4 is 5.97 Å². The molecule has 16 heavy (non-hydrogen) atoms. The van der Waals surface area contributed by atoms with E-state index in [2.05, 4.69) is 5.32 Å². The molecule has 4 nitrogen and oxygen atoms in total. The van der Waals surface area contributed by atoms with Gasteiger partial charge in [-0.05, 0) is 51.0 Å². The van der Waals surface area contributed by atoms with Crippen LogP contribution in [0.4, 0.5) is 0 Å². The zero-order valence-corrected chi connectivity index (χ0v) is 9.87. The van der Waals surface area contributed by atoms with E-state index in [1.165, 1.54) is 0 Å². The highest BCUT2D eigenvalue weighted by molar-refractivity contribution is 5.78. The molecule has 0 amide bonds. The number of rotatable bonds is 2. The summed E-state index contributed by atoms with van der Waals surface area (Å²) in [6.45, 7) is 4.32. The lowest BCUT2D eigenvalue weighted by atomic mass is 9.74. The summed E-state index contributed by atoms with van der Waals surface area (Å²) in [4.78, 5) is 11.2. The largest absolute Gasteiger partial charge is 0.480 e. The minimum atomic E-state index is -0.721. The molecule has 2 aliphatic heterocycles. The zero-order chi connectivity index (χ0) is 11.6. The van der Waals surface area contributed by atoms with Gasteiger partial charge >= 0.3 is 5.97 Å². The summed E-state index contributed by atoms with van der Waals surface area (Å²) in [6.07, 6.45) is 4.06. The summed E-state index contributed by atoms with van der Waals surface area (Å²) < 4.78 is 5.36. The molecule has 2 atom stereocenters.